The summed E-state index contributed by atoms with van der Waals surface area (Å²) >= 11 is 2.00. The van der Waals surface area contributed by atoms with Gasteiger partial charge in [0.2, 0.25) is 0 Å². The fourth-order valence-electron chi connectivity index (χ4n) is 2.24. The summed E-state index contributed by atoms with van der Waals surface area (Å²) in [7, 11) is 1.50. The van der Waals surface area contributed by atoms with Gasteiger partial charge in [0.1, 0.15) is 0 Å². The van der Waals surface area contributed by atoms with Crippen molar-refractivity contribution >= 4 is 25.9 Å². The van der Waals surface area contributed by atoms with E-state index in [-0.39, 0.29) is 0 Å². The minimum absolute atomic E-state index is 0.750. The van der Waals surface area contributed by atoms with Crippen LogP contribution in [0.4, 0.5) is 0 Å². The van der Waals surface area contributed by atoms with Crippen LogP contribution in [0, 0.1) is 6.08 Å². The van der Waals surface area contributed by atoms with Crippen LogP contribution in [-0.2, 0) is 20.0 Å². The van der Waals surface area contributed by atoms with E-state index in [2.05, 4.69) is 66.7 Å². The fourth-order valence-corrected chi connectivity index (χ4v) is 2.24. The molecule has 0 heterocycles. The molecule has 0 N–H and O–H groups in total. The Bertz CT molecular complexity index is 709. The maximum atomic E-state index is 8.25. The molecule has 130 valence electrons. The number of hydrogen-bond acceptors (Lipinski definition) is 2. The standard InChI is InChI=1S/C13H9.C5H5.C2H4.2CH3O.Ti/c1-3-7-12-10(5-1)9-11-6-2-4-8-13(11)12;1-2-4-5-3-1;3*1-2;/h1-9H;1-3H,4H2;1H,2H3;2*1H3;/q2*-1;;2*-1;+2. The van der Waals surface area contributed by atoms with E-state index in [1.165, 1.54) is 21.5 Å². The monoisotopic (exact) mass is 368 g/mol. The first-order valence-corrected chi connectivity index (χ1v) is 8.78. The molecule has 0 saturated heterocycles. The van der Waals surface area contributed by atoms with Crippen LogP contribution in [0.1, 0.15) is 13.3 Å². The largest absolute Gasteiger partial charge is 0.857 e. The smallest absolute Gasteiger partial charge is 0.0771 e. The van der Waals surface area contributed by atoms with Gasteiger partial charge in [-0.15, -0.1) is 46.2 Å². The molecular formula is C22H24O2Ti-2. The number of benzene rings is 2. The normalized spacial score (nSPS) is 10.4. The molecule has 0 radical (unpaired) electrons. The molecule has 0 amide bonds. The van der Waals surface area contributed by atoms with Gasteiger partial charge in [0.25, 0.3) is 0 Å². The van der Waals surface area contributed by atoms with E-state index >= 15 is 0 Å². The number of allylic oxidation sites excluding steroid dienone is 4. The Hall–Kier alpha value is -1.71. The van der Waals surface area contributed by atoms with Gasteiger partial charge in [-0.2, -0.15) is 20.3 Å². The van der Waals surface area contributed by atoms with Crippen LogP contribution in [0.2, 0.25) is 0 Å². The molecule has 0 unspecified atom stereocenters. The maximum absolute atomic E-state index is 8.25. The van der Waals surface area contributed by atoms with Crippen molar-refractivity contribution in [3.63, 3.8) is 0 Å². The summed E-state index contributed by atoms with van der Waals surface area (Å²) in [4.78, 5) is 0. The second-order valence-corrected chi connectivity index (χ2v) is 5.51. The molecule has 2 nitrogen and oxygen atoms in total. The van der Waals surface area contributed by atoms with Crippen LogP contribution in [0.5, 0.6) is 0 Å². The van der Waals surface area contributed by atoms with Gasteiger partial charge in [-0.3, -0.25) is 6.08 Å². The Morgan fingerprint density at radius 1 is 0.920 bits per heavy atom. The Kier molecular flexibility index (Phi) is 14.7. The van der Waals surface area contributed by atoms with Gasteiger partial charge in [-0.05, 0) is 0 Å². The van der Waals surface area contributed by atoms with Gasteiger partial charge in [-0.1, -0.05) is 36.4 Å². The predicted octanol–water partition coefficient (Wildman–Crippen LogP) is 3.33. The van der Waals surface area contributed by atoms with Crippen LogP contribution >= 0.6 is 0 Å². The summed E-state index contributed by atoms with van der Waals surface area (Å²) in [5.74, 6) is 0. The molecule has 0 bridgehead atoms. The predicted molar refractivity (Wildman–Crippen MR) is 102 cm³/mol. The molecule has 3 aromatic carbocycles. The molecule has 4 rings (SSSR count). The molecule has 1 aliphatic rings. The zero-order chi connectivity index (χ0) is 18.9. The molecule has 3 heteroatoms. The summed E-state index contributed by atoms with van der Waals surface area (Å²) in [6, 6.07) is 19.3. The summed E-state index contributed by atoms with van der Waals surface area (Å²) in [5.41, 5.74) is 0. The van der Waals surface area contributed by atoms with Crippen molar-refractivity contribution < 1.29 is 30.2 Å². The number of hydrogen-bond donors (Lipinski definition) is 0. The van der Waals surface area contributed by atoms with E-state index in [9.17, 15) is 0 Å². The van der Waals surface area contributed by atoms with Crippen molar-refractivity contribution in [1.82, 2.24) is 0 Å². The number of fused-ring (bicyclic) bond motifs is 3. The van der Waals surface area contributed by atoms with Crippen LogP contribution < -0.4 is 10.2 Å². The third kappa shape index (κ3) is 8.28. The van der Waals surface area contributed by atoms with E-state index in [1.807, 2.05) is 43.4 Å². The average Bonchev–Trinajstić information content (AvgIpc) is 3.37. The summed E-state index contributed by atoms with van der Waals surface area (Å²) < 4.78 is 2.00. The summed E-state index contributed by atoms with van der Waals surface area (Å²) in [6.45, 7) is 2.00. The minimum Gasteiger partial charge on any atom is -0.857 e. The molecule has 1 aliphatic carbocycles. The first-order chi connectivity index (χ1) is 12.4. The second kappa shape index (κ2) is 15.8. The van der Waals surface area contributed by atoms with Crippen molar-refractivity contribution in [2.75, 3.05) is 14.2 Å². The van der Waals surface area contributed by atoms with Gasteiger partial charge in [0.05, 0.1) is 0 Å². The first-order valence-electron chi connectivity index (χ1n) is 7.88. The van der Waals surface area contributed by atoms with Gasteiger partial charge < -0.3 is 10.2 Å². The molecular weight excluding hydrogens is 344 g/mol. The van der Waals surface area contributed by atoms with Crippen molar-refractivity contribution in [3.05, 3.63) is 78.9 Å². The summed E-state index contributed by atoms with van der Waals surface area (Å²) in [6.07, 6.45) is 10.0. The zero-order valence-electron chi connectivity index (χ0n) is 15.0. The van der Waals surface area contributed by atoms with E-state index in [0.717, 1.165) is 20.6 Å². The molecule has 0 atom stereocenters. The first kappa shape index (κ1) is 23.3. The van der Waals surface area contributed by atoms with Crippen LogP contribution in [0.25, 0.3) is 21.5 Å². The quantitative estimate of drug-likeness (QED) is 0.451. The van der Waals surface area contributed by atoms with Crippen molar-refractivity contribution in [3.8, 4) is 0 Å². The Morgan fingerprint density at radius 2 is 1.36 bits per heavy atom. The molecule has 0 aliphatic heterocycles. The van der Waals surface area contributed by atoms with E-state index in [4.69, 9.17) is 10.2 Å². The second-order valence-electron chi connectivity index (χ2n) is 4.61. The number of rotatable bonds is 0. The topological polar surface area (TPSA) is 46.1 Å². The SMILES string of the molecule is C[CH]=[Ti+2].C[O-].C[O-].[C-]1=CC=CC1.c1ccc2c(c1)[cH-]c1ccccc12. The van der Waals surface area contributed by atoms with Crippen molar-refractivity contribution in [2.45, 2.75) is 13.3 Å². The minimum atomic E-state index is 0.750. The van der Waals surface area contributed by atoms with Gasteiger partial charge in [0, 0.05) is 0 Å². The molecule has 25 heavy (non-hydrogen) atoms. The van der Waals surface area contributed by atoms with Crippen molar-refractivity contribution in [2.24, 2.45) is 0 Å². The average molecular weight is 368 g/mol. The van der Waals surface area contributed by atoms with Crippen molar-refractivity contribution in [1.29, 1.82) is 0 Å². The van der Waals surface area contributed by atoms with Crippen LogP contribution in [0.3, 0.4) is 0 Å². The van der Waals surface area contributed by atoms with Crippen LogP contribution in [-0.4, -0.2) is 18.5 Å². The Balaban J connectivity index is 0.000000403. The molecule has 0 aromatic heterocycles. The molecule has 0 fully saturated rings. The fraction of sp³-hybridized carbons (Fsp3) is 0.182. The third-order valence-electron chi connectivity index (χ3n) is 3.11. The van der Waals surface area contributed by atoms with Crippen LogP contribution in [0.15, 0.2) is 72.8 Å². The van der Waals surface area contributed by atoms with Gasteiger partial charge in [0.15, 0.2) is 0 Å². The molecule has 0 saturated carbocycles. The van der Waals surface area contributed by atoms with E-state index in [0.29, 0.717) is 0 Å². The third-order valence-corrected chi connectivity index (χ3v) is 3.11. The molecule has 0 spiro atoms. The van der Waals surface area contributed by atoms with Gasteiger partial charge in [-0.25, -0.2) is 12.2 Å². The van der Waals surface area contributed by atoms with E-state index in [1.54, 1.807) is 0 Å². The Labute approximate surface area is 162 Å². The van der Waals surface area contributed by atoms with Gasteiger partial charge >= 0.3 is 31.2 Å². The zero-order valence-corrected chi connectivity index (χ0v) is 16.6. The Morgan fingerprint density at radius 3 is 1.68 bits per heavy atom. The molecule has 3 aromatic rings. The summed E-state index contributed by atoms with van der Waals surface area (Å²) in [5, 5.41) is 21.9. The maximum Gasteiger partial charge on any atom is -0.0771 e. The van der Waals surface area contributed by atoms with E-state index < -0.39 is 0 Å².